The van der Waals surface area contributed by atoms with Crippen LogP contribution < -0.4 is 0 Å². The predicted molar refractivity (Wildman–Crippen MR) is 57.0 cm³/mol. The summed E-state index contributed by atoms with van der Waals surface area (Å²) in [5, 5.41) is 9.70. The third kappa shape index (κ3) is 2.23. The summed E-state index contributed by atoms with van der Waals surface area (Å²) in [5.74, 6) is 0. The largest absolute Gasteiger partial charge is 0.385 e. The summed E-state index contributed by atoms with van der Waals surface area (Å²) < 4.78 is 0. The number of rotatable bonds is 0. The first-order valence-electron chi connectivity index (χ1n) is 4.63. The maximum absolute atomic E-state index is 9.70. The van der Waals surface area contributed by atoms with Crippen molar-refractivity contribution in [2.24, 2.45) is 0 Å². The maximum Gasteiger partial charge on any atom is 0.0940 e. The van der Waals surface area contributed by atoms with Crippen molar-refractivity contribution >= 4 is 12.4 Å². The van der Waals surface area contributed by atoms with Gasteiger partial charge in [-0.25, -0.2) is 0 Å². The quantitative estimate of drug-likeness (QED) is 0.635. The normalized spacial score (nSPS) is 26.4. The average molecular weight is 199 g/mol. The molecule has 13 heavy (non-hydrogen) atoms. The van der Waals surface area contributed by atoms with Gasteiger partial charge < -0.3 is 5.11 Å². The van der Waals surface area contributed by atoms with Gasteiger partial charge in [0.25, 0.3) is 0 Å². The molecule has 2 rings (SSSR count). The van der Waals surface area contributed by atoms with Crippen LogP contribution in [0.25, 0.3) is 0 Å². The molecule has 0 radical (unpaired) electrons. The molecule has 0 saturated carbocycles. The Morgan fingerprint density at radius 1 is 1.15 bits per heavy atom. The van der Waals surface area contributed by atoms with Gasteiger partial charge in [0.2, 0.25) is 0 Å². The highest BCUT2D eigenvalue weighted by atomic mass is 35.5. The molecule has 72 valence electrons. The Balaban J connectivity index is 0.000000845. The number of allylic oxidation sites excluding steroid dienone is 4. The second-order valence-corrected chi connectivity index (χ2v) is 3.45. The van der Waals surface area contributed by atoms with Crippen molar-refractivity contribution in [2.75, 3.05) is 0 Å². The lowest BCUT2D eigenvalue weighted by Crippen LogP contribution is -2.11. The molecule has 0 amide bonds. The highest BCUT2D eigenvalue weighted by Crippen LogP contribution is 2.29. The molecule has 1 atom stereocenters. The van der Waals surface area contributed by atoms with E-state index in [0.29, 0.717) is 0 Å². The van der Waals surface area contributed by atoms with Gasteiger partial charge in [-0.2, -0.15) is 0 Å². The Hall–Kier alpha value is -0.530. The van der Waals surface area contributed by atoms with Gasteiger partial charge in [-0.05, 0) is 36.8 Å². The zero-order chi connectivity index (χ0) is 8.39. The van der Waals surface area contributed by atoms with Crippen molar-refractivity contribution in [1.29, 1.82) is 0 Å². The minimum Gasteiger partial charge on any atom is -0.385 e. The Morgan fingerprint density at radius 3 is 2.77 bits per heavy atom. The minimum absolute atomic E-state index is 0. The lowest BCUT2D eigenvalue weighted by molar-refractivity contribution is 0.250. The van der Waals surface area contributed by atoms with Gasteiger partial charge in [0.1, 0.15) is 0 Å². The second-order valence-electron chi connectivity index (χ2n) is 3.45. The topological polar surface area (TPSA) is 20.2 Å². The number of hydrogen-bond donors (Lipinski definition) is 1. The van der Waals surface area contributed by atoms with E-state index in [4.69, 9.17) is 0 Å². The van der Waals surface area contributed by atoms with Crippen molar-refractivity contribution in [1.82, 2.24) is 0 Å². The zero-order valence-electron chi connectivity index (χ0n) is 7.57. The van der Waals surface area contributed by atoms with Crippen molar-refractivity contribution in [3.63, 3.8) is 0 Å². The molecule has 0 spiro atoms. The number of aliphatic hydroxyl groups excluding tert-OH is 1. The van der Waals surface area contributed by atoms with Crippen LogP contribution in [-0.2, 0) is 0 Å². The van der Waals surface area contributed by atoms with E-state index < -0.39 is 0 Å². The van der Waals surface area contributed by atoms with Crippen LogP contribution in [0.4, 0.5) is 0 Å². The van der Waals surface area contributed by atoms with Crippen LogP contribution in [0.5, 0.6) is 0 Å². The number of halogens is 1. The molecule has 1 N–H and O–H groups in total. The molecule has 0 bridgehead atoms. The molecule has 1 nitrogen and oxygen atoms in total. The molecule has 2 aliphatic carbocycles. The molecule has 0 saturated heterocycles. The molecule has 0 aromatic rings. The monoisotopic (exact) mass is 198 g/mol. The highest BCUT2D eigenvalue weighted by molar-refractivity contribution is 5.85. The second kappa shape index (κ2) is 4.64. The molecular formula is C11H15ClO. The van der Waals surface area contributed by atoms with Crippen LogP contribution >= 0.6 is 12.4 Å². The van der Waals surface area contributed by atoms with Crippen LogP contribution in [0.2, 0.25) is 0 Å². The van der Waals surface area contributed by atoms with Gasteiger partial charge in [-0.15, -0.1) is 12.4 Å². The first-order valence-corrected chi connectivity index (χ1v) is 4.63. The maximum atomic E-state index is 9.70. The molecule has 0 aromatic heterocycles. The summed E-state index contributed by atoms with van der Waals surface area (Å²) in [5.41, 5.74) is 2.60. The van der Waals surface area contributed by atoms with Crippen LogP contribution in [0.15, 0.2) is 35.5 Å². The molecular weight excluding hydrogens is 184 g/mol. The van der Waals surface area contributed by atoms with Gasteiger partial charge in [0.15, 0.2) is 0 Å². The third-order valence-corrected chi connectivity index (χ3v) is 2.61. The fourth-order valence-electron chi connectivity index (χ4n) is 1.94. The minimum atomic E-state index is -0.324. The van der Waals surface area contributed by atoms with Crippen molar-refractivity contribution in [2.45, 2.75) is 31.8 Å². The smallest absolute Gasteiger partial charge is 0.0940 e. The van der Waals surface area contributed by atoms with Crippen LogP contribution in [0.3, 0.4) is 0 Å². The summed E-state index contributed by atoms with van der Waals surface area (Å²) in [4.78, 5) is 0. The number of hydrogen-bond acceptors (Lipinski definition) is 1. The summed E-state index contributed by atoms with van der Waals surface area (Å²) in [6, 6.07) is 0. The Morgan fingerprint density at radius 2 is 1.92 bits per heavy atom. The van der Waals surface area contributed by atoms with Crippen LogP contribution in [0, 0.1) is 0 Å². The number of aliphatic hydroxyl groups is 1. The summed E-state index contributed by atoms with van der Waals surface area (Å²) >= 11 is 0. The van der Waals surface area contributed by atoms with E-state index in [0.717, 1.165) is 12.8 Å². The molecule has 0 aliphatic heterocycles. The fraction of sp³-hybridized carbons (Fsp3) is 0.455. The van der Waals surface area contributed by atoms with Gasteiger partial charge in [-0.3, -0.25) is 0 Å². The standard InChI is InChI=1S/C11H14O.ClH/c12-11-8-4-2-6-9-5-1-3-7-10(9)11;/h2,4,6,8,11-12H,1,3,5,7H2;1H. The van der Waals surface area contributed by atoms with E-state index in [1.165, 1.54) is 24.0 Å². The van der Waals surface area contributed by atoms with Gasteiger partial charge in [0, 0.05) is 0 Å². The molecule has 0 aromatic carbocycles. The van der Waals surface area contributed by atoms with E-state index in [1.54, 1.807) is 0 Å². The third-order valence-electron chi connectivity index (χ3n) is 2.61. The zero-order valence-corrected chi connectivity index (χ0v) is 8.39. The van der Waals surface area contributed by atoms with E-state index in [-0.39, 0.29) is 18.5 Å². The lowest BCUT2D eigenvalue weighted by atomic mass is 9.89. The molecule has 0 heterocycles. The van der Waals surface area contributed by atoms with Crippen molar-refractivity contribution in [3.05, 3.63) is 35.5 Å². The first kappa shape index (κ1) is 10.6. The highest BCUT2D eigenvalue weighted by Gasteiger charge is 2.16. The summed E-state index contributed by atoms with van der Waals surface area (Å²) in [6.07, 6.45) is 12.4. The van der Waals surface area contributed by atoms with Gasteiger partial charge in [-0.1, -0.05) is 24.3 Å². The van der Waals surface area contributed by atoms with Crippen molar-refractivity contribution in [3.8, 4) is 0 Å². The lowest BCUT2D eigenvalue weighted by Gasteiger charge is -2.19. The molecule has 2 aliphatic rings. The van der Waals surface area contributed by atoms with Gasteiger partial charge >= 0.3 is 0 Å². The average Bonchev–Trinajstić information content (AvgIpc) is 2.29. The first-order chi connectivity index (χ1) is 5.88. The summed E-state index contributed by atoms with van der Waals surface area (Å²) in [6.45, 7) is 0. The van der Waals surface area contributed by atoms with E-state index in [1.807, 2.05) is 18.2 Å². The van der Waals surface area contributed by atoms with E-state index >= 15 is 0 Å². The van der Waals surface area contributed by atoms with Crippen molar-refractivity contribution < 1.29 is 5.11 Å². The molecule has 0 fully saturated rings. The predicted octanol–water partition coefficient (Wildman–Crippen LogP) is 2.77. The molecule has 2 heteroatoms. The Kier molecular flexibility index (Phi) is 3.76. The Bertz CT molecular complexity index is 263. The SMILES string of the molecule is Cl.OC1C=CC=CC2=C1CCCC2. The summed E-state index contributed by atoms with van der Waals surface area (Å²) in [7, 11) is 0. The van der Waals surface area contributed by atoms with Gasteiger partial charge in [0.05, 0.1) is 6.10 Å². The van der Waals surface area contributed by atoms with E-state index in [9.17, 15) is 5.11 Å². The van der Waals surface area contributed by atoms with Crippen LogP contribution in [-0.4, -0.2) is 11.2 Å². The molecule has 1 unspecified atom stereocenters. The van der Waals surface area contributed by atoms with E-state index in [2.05, 4.69) is 6.08 Å². The van der Waals surface area contributed by atoms with Crippen LogP contribution in [0.1, 0.15) is 25.7 Å². The fourth-order valence-corrected chi connectivity index (χ4v) is 1.94. The Labute approximate surface area is 85.3 Å².